The molecule has 0 aliphatic carbocycles. The standard InChI is InChI=1S/C9H12NO3PS/c1-14(2,15)13-7-8-3-5-9(6-4-8)10(11)12/h3-6H,7H2,1-2H3. The second-order valence-electron chi connectivity index (χ2n) is 3.45. The summed E-state index contributed by atoms with van der Waals surface area (Å²) in [6.45, 7) is 4.21. The maximum absolute atomic E-state index is 10.4. The van der Waals surface area contributed by atoms with Gasteiger partial charge in [-0.2, -0.15) is 0 Å². The van der Waals surface area contributed by atoms with Crippen molar-refractivity contribution in [2.24, 2.45) is 0 Å². The molecule has 0 aromatic heterocycles. The monoisotopic (exact) mass is 245 g/mol. The maximum Gasteiger partial charge on any atom is 0.269 e. The number of non-ortho nitro benzene ring substituents is 1. The molecule has 15 heavy (non-hydrogen) atoms. The Balaban J connectivity index is 2.65. The molecule has 4 nitrogen and oxygen atoms in total. The first-order chi connectivity index (χ1) is 6.88. The lowest BCUT2D eigenvalue weighted by Crippen LogP contribution is -1.91. The molecule has 0 saturated carbocycles. The van der Waals surface area contributed by atoms with Gasteiger partial charge in [-0.1, -0.05) is 11.8 Å². The van der Waals surface area contributed by atoms with Gasteiger partial charge < -0.3 is 4.52 Å². The zero-order chi connectivity index (χ0) is 11.5. The second-order valence-corrected chi connectivity index (χ2v) is 8.85. The molecule has 0 aliphatic heterocycles. The first-order valence-corrected chi connectivity index (χ1v) is 7.93. The molecule has 1 aromatic carbocycles. The van der Waals surface area contributed by atoms with E-state index in [2.05, 4.69) is 0 Å². The van der Waals surface area contributed by atoms with Gasteiger partial charge in [0.2, 0.25) is 0 Å². The molecule has 1 rings (SSSR count). The van der Waals surface area contributed by atoms with Crippen LogP contribution >= 0.6 is 6.26 Å². The van der Waals surface area contributed by atoms with Crippen LogP contribution < -0.4 is 0 Å². The summed E-state index contributed by atoms with van der Waals surface area (Å²) in [5, 5.41) is 10.4. The van der Waals surface area contributed by atoms with Crippen molar-refractivity contribution in [3.05, 3.63) is 39.9 Å². The minimum absolute atomic E-state index is 0.0891. The normalized spacial score (nSPS) is 11.3. The molecular formula is C9H12NO3PS. The van der Waals surface area contributed by atoms with Crippen LogP contribution in [-0.4, -0.2) is 18.3 Å². The van der Waals surface area contributed by atoms with Gasteiger partial charge in [0.15, 0.2) is 0 Å². The predicted molar refractivity (Wildman–Crippen MR) is 64.0 cm³/mol. The molecule has 0 spiro atoms. The van der Waals surface area contributed by atoms with E-state index in [4.69, 9.17) is 16.3 Å². The average Bonchev–Trinajstić information content (AvgIpc) is 2.14. The molecule has 0 heterocycles. The van der Waals surface area contributed by atoms with Crippen molar-refractivity contribution in [1.82, 2.24) is 0 Å². The second kappa shape index (κ2) is 4.84. The molecule has 6 heteroatoms. The summed E-state index contributed by atoms with van der Waals surface area (Å²) in [6.07, 6.45) is -1.66. The predicted octanol–water partition coefficient (Wildman–Crippen LogP) is 2.77. The molecule has 0 fully saturated rings. The third-order valence-corrected chi connectivity index (χ3v) is 2.76. The maximum atomic E-state index is 10.4. The Morgan fingerprint density at radius 2 is 1.93 bits per heavy atom. The topological polar surface area (TPSA) is 52.4 Å². The Bertz CT molecular complexity index is 398. The largest absolute Gasteiger partial charge is 0.347 e. The number of hydrogen-bond acceptors (Lipinski definition) is 4. The summed E-state index contributed by atoms with van der Waals surface area (Å²) < 4.78 is 5.47. The highest BCUT2D eigenvalue weighted by Crippen LogP contribution is 2.38. The molecule has 0 aliphatic rings. The van der Waals surface area contributed by atoms with E-state index in [1.54, 1.807) is 12.1 Å². The number of hydrogen-bond donors (Lipinski definition) is 0. The van der Waals surface area contributed by atoms with Gasteiger partial charge >= 0.3 is 0 Å². The Kier molecular flexibility index (Phi) is 3.97. The van der Waals surface area contributed by atoms with E-state index in [0.29, 0.717) is 6.61 Å². The van der Waals surface area contributed by atoms with Crippen molar-refractivity contribution in [1.29, 1.82) is 0 Å². The summed E-state index contributed by atoms with van der Waals surface area (Å²) >= 11 is 5.13. The van der Waals surface area contributed by atoms with Gasteiger partial charge in [-0.05, 0) is 31.0 Å². The fourth-order valence-corrected chi connectivity index (χ4v) is 1.56. The quantitative estimate of drug-likeness (QED) is 0.465. The first kappa shape index (κ1) is 12.3. The van der Waals surface area contributed by atoms with Crippen molar-refractivity contribution in [3.63, 3.8) is 0 Å². The van der Waals surface area contributed by atoms with Crippen LogP contribution in [0.15, 0.2) is 24.3 Å². The van der Waals surface area contributed by atoms with Crippen LogP contribution in [0.2, 0.25) is 0 Å². The molecule has 0 unspecified atom stereocenters. The van der Waals surface area contributed by atoms with Crippen molar-refractivity contribution >= 4 is 23.8 Å². The zero-order valence-electron chi connectivity index (χ0n) is 8.54. The van der Waals surface area contributed by atoms with Crippen LogP contribution in [0.5, 0.6) is 0 Å². The van der Waals surface area contributed by atoms with E-state index in [1.807, 2.05) is 13.3 Å². The third kappa shape index (κ3) is 4.51. The van der Waals surface area contributed by atoms with Gasteiger partial charge in [0.1, 0.15) is 0 Å². The van der Waals surface area contributed by atoms with E-state index < -0.39 is 11.2 Å². The summed E-state index contributed by atoms with van der Waals surface area (Å²) in [7, 11) is 0. The van der Waals surface area contributed by atoms with Crippen LogP contribution in [0.1, 0.15) is 5.56 Å². The van der Waals surface area contributed by atoms with Crippen LogP contribution in [-0.2, 0) is 22.9 Å². The molecule has 82 valence electrons. The van der Waals surface area contributed by atoms with Gasteiger partial charge in [0.25, 0.3) is 5.69 Å². The van der Waals surface area contributed by atoms with E-state index in [-0.39, 0.29) is 5.69 Å². The van der Waals surface area contributed by atoms with Gasteiger partial charge in [-0.15, -0.1) is 0 Å². The molecule has 0 bridgehead atoms. The van der Waals surface area contributed by atoms with Crippen molar-refractivity contribution in [2.45, 2.75) is 6.61 Å². The Labute approximate surface area is 93.5 Å². The molecule has 0 saturated heterocycles. The first-order valence-electron chi connectivity index (χ1n) is 4.31. The summed E-state index contributed by atoms with van der Waals surface area (Å²) in [6, 6.07) is 6.30. The Morgan fingerprint density at radius 1 is 1.40 bits per heavy atom. The van der Waals surface area contributed by atoms with E-state index in [1.165, 1.54) is 12.1 Å². The van der Waals surface area contributed by atoms with E-state index in [0.717, 1.165) is 5.56 Å². The molecule has 0 atom stereocenters. The fourth-order valence-electron chi connectivity index (χ4n) is 0.944. The lowest BCUT2D eigenvalue weighted by molar-refractivity contribution is -0.384. The van der Waals surface area contributed by atoms with Crippen molar-refractivity contribution < 1.29 is 9.45 Å². The van der Waals surface area contributed by atoms with Gasteiger partial charge in [-0.25, -0.2) is 0 Å². The molecule has 0 radical (unpaired) electrons. The lowest BCUT2D eigenvalue weighted by atomic mass is 10.2. The molecular weight excluding hydrogens is 233 g/mol. The summed E-state index contributed by atoms with van der Waals surface area (Å²) in [4.78, 5) is 9.97. The van der Waals surface area contributed by atoms with Gasteiger partial charge in [0, 0.05) is 12.1 Å². The van der Waals surface area contributed by atoms with Crippen molar-refractivity contribution in [3.8, 4) is 0 Å². The average molecular weight is 245 g/mol. The number of nitro groups is 1. The van der Waals surface area contributed by atoms with E-state index >= 15 is 0 Å². The van der Waals surface area contributed by atoms with Crippen LogP contribution in [0.4, 0.5) is 5.69 Å². The SMILES string of the molecule is CP(C)(=S)OCc1ccc([N+](=O)[O-])cc1. The number of nitrogens with zero attached hydrogens (tertiary/aromatic N) is 1. The highest BCUT2D eigenvalue weighted by atomic mass is 32.4. The van der Waals surface area contributed by atoms with Gasteiger partial charge in [0.05, 0.1) is 17.8 Å². The summed E-state index contributed by atoms with van der Waals surface area (Å²) in [5.74, 6) is 0. The number of rotatable bonds is 4. The molecule has 0 N–H and O–H groups in total. The van der Waals surface area contributed by atoms with Gasteiger partial charge in [-0.3, -0.25) is 10.1 Å². The lowest BCUT2D eigenvalue weighted by Gasteiger charge is -2.11. The van der Waals surface area contributed by atoms with Crippen molar-refractivity contribution in [2.75, 3.05) is 13.3 Å². The molecule has 0 amide bonds. The fraction of sp³-hybridized carbons (Fsp3) is 0.333. The minimum Gasteiger partial charge on any atom is -0.347 e. The Morgan fingerprint density at radius 3 is 2.33 bits per heavy atom. The van der Waals surface area contributed by atoms with Crippen LogP contribution in [0.25, 0.3) is 0 Å². The highest BCUT2D eigenvalue weighted by Gasteiger charge is 2.06. The number of benzene rings is 1. The third-order valence-electron chi connectivity index (χ3n) is 1.69. The molecule has 1 aromatic rings. The Hall–Kier alpha value is -0.770. The highest BCUT2D eigenvalue weighted by molar-refractivity contribution is 8.11. The van der Waals surface area contributed by atoms with Crippen LogP contribution in [0.3, 0.4) is 0 Å². The smallest absolute Gasteiger partial charge is 0.269 e. The zero-order valence-corrected chi connectivity index (χ0v) is 10.3. The van der Waals surface area contributed by atoms with Crippen LogP contribution in [0, 0.1) is 10.1 Å². The van der Waals surface area contributed by atoms with E-state index in [9.17, 15) is 10.1 Å². The summed E-state index contributed by atoms with van der Waals surface area (Å²) in [5.41, 5.74) is 0.990. The number of nitro benzene ring substituents is 1. The minimum atomic E-state index is -1.66.